The predicted molar refractivity (Wildman–Crippen MR) is 88.3 cm³/mol. The molecule has 0 bridgehead atoms. The molecule has 4 heteroatoms. The normalized spacial score (nSPS) is 19.5. The number of hydrogen-bond donors (Lipinski definition) is 1. The average Bonchev–Trinajstić information content (AvgIpc) is 2.36. The van der Waals surface area contributed by atoms with E-state index in [9.17, 15) is 5.11 Å². The molecular weight excluding hydrogens is 338 g/mol. The second kappa shape index (κ2) is 6.78. The summed E-state index contributed by atoms with van der Waals surface area (Å²) in [6.07, 6.45) is 2.30. The standard InChI is InChI=1S/C16H23BrClNO/c1-12(2)11-19-7-5-16(20,6-8-19)10-13-3-4-14(17)9-15(13)18/h3-4,9,12,20H,5-8,10-11H2,1-2H3. The lowest BCUT2D eigenvalue weighted by Gasteiger charge is -2.39. The van der Waals surface area contributed by atoms with Crippen LogP contribution in [0.5, 0.6) is 0 Å². The van der Waals surface area contributed by atoms with Gasteiger partial charge in [-0.1, -0.05) is 47.4 Å². The highest BCUT2D eigenvalue weighted by Gasteiger charge is 2.32. The van der Waals surface area contributed by atoms with Crippen LogP contribution in [-0.2, 0) is 6.42 Å². The minimum atomic E-state index is -0.606. The van der Waals surface area contributed by atoms with Crippen LogP contribution in [0, 0.1) is 5.92 Å². The van der Waals surface area contributed by atoms with Crippen molar-refractivity contribution in [2.45, 2.75) is 38.7 Å². The first-order valence-electron chi connectivity index (χ1n) is 7.27. The zero-order chi connectivity index (χ0) is 14.8. The van der Waals surface area contributed by atoms with Crippen molar-refractivity contribution in [1.29, 1.82) is 0 Å². The van der Waals surface area contributed by atoms with E-state index in [2.05, 4.69) is 34.7 Å². The highest BCUT2D eigenvalue weighted by atomic mass is 79.9. The van der Waals surface area contributed by atoms with Crippen molar-refractivity contribution in [3.8, 4) is 0 Å². The van der Waals surface area contributed by atoms with Gasteiger partial charge in [-0.25, -0.2) is 0 Å². The van der Waals surface area contributed by atoms with Crippen molar-refractivity contribution in [2.75, 3.05) is 19.6 Å². The maximum absolute atomic E-state index is 10.8. The maximum atomic E-state index is 10.8. The minimum Gasteiger partial charge on any atom is -0.389 e. The maximum Gasteiger partial charge on any atom is 0.0712 e. The molecule has 2 nitrogen and oxygen atoms in total. The highest BCUT2D eigenvalue weighted by Crippen LogP contribution is 2.30. The van der Waals surface area contributed by atoms with Crippen LogP contribution in [0.3, 0.4) is 0 Å². The van der Waals surface area contributed by atoms with Gasteiger partial charge in [-0.2, -0.15) is 0 Å². The summed E-state index contributed by atoms with van der Waals surface area (Å²) in [6, 6.07) is 5.89. The number of hydrogen-bond acceptors (Lipinski definition) is 2. The van der Waals surface area contributed by atoms with E-state index in [-0.39, 0.29) is 0 Å². The molecule has 20 heavy (non-hydrogen) atoms. The Balaban J connectivity index is 1.96. The molecule has 1 aromatic rings. The average molecular weight is 361 g/mol. The lowest BCUT2D eigenvalue weighted by atomic mass is 9.85. The summed E-state index contributed by atoms with van der Waals surface area (Å²) in [6.45, 7) is 7.55. The second-order valence-electron chi connectivity index (χ2n) is 6.33. The molecule has 1 N–H and O–H groups in total. The Morgan fingerprint density at radius 3 is 2.55 bits per heavy atom. The molecule has 1 saturated heterocycles. The first kappa shape index (κ1) is 16.3. The van der Waals surface area contributed by atoms with Crippen LogP contribution in [0.4, 0.5) is 0 Å². The Kier molecular flexibility index (Phi) is 5.52. The lowest BCUT2D eigenvalue weighted by molar-refractivity contribution is -0.0227. The molecule has 0 unspecified atom stereocenters. The Morgan fingerprint density at radius 1 is 1.35 bits per heavy atom. The van der Waals surface area contributed by atoms with Crippen molar-refractivity contribution in [2.24, 2.45) is 5.92 Å². The topological polar surface area (TPSA) is 23.5 Å². The van der Waals surface area contributed by atoms with Crippen LogP contribution in [0.2, 0.25) is 5.02 Å². The molecule has 0 saturated carbocycles. The van der Waals surface area contributed by atoms with Gasteiger partial charge in [0.15, 0.2) is 0 Å². The summed E-state index contributed by atoms with van der Waals surface area (Å²) in [7, 11) is 0. The number of benzene rings is 1. The van der Waals surface area contributed by atoms with Gasteiger partial charge in [0.1, 0.15) is 0 Å². The smallest absolute Gasteiger partial charge is 0.0712 e. The molecule has 1 aromatic carbocycles. The number of halogens is 2. The second-order valence-corrected chi connectivity index (χ2v) is 7.65. The zero-order valence-corrected chi connectivity index (χ0v) is 14.5. The number of nitrogens with zero attached hydrogens (tertiary/aromatic N) is 1. The summed E-state index contributed by atoms with van der Waals surface area (Å²) in [5.41, 5.74) is 0.431. The molecule has 0 radical (unpaired) electrons. The Bertz CT molecular complexity index is 456. The van der Waals surface area contributed by atoms with Gasteiger partial charge >= 0.3 is 0 Å². The number of aliphatic hydroxyl groups is 1. The molecule has 0 spiro atoms. The van der Waals surface area contributed by atoms with Gasteiger partial charge in [0, 0.05) is 35.6 Å². The largest absolute Gasteiger partial charge is 0.389 e. The van der Waals surface area contributed by atoms with Gasteiger partial charge in [0.2, 0.25) is 0 Å². The Labute approximate surface area is 135 Å². The third-order valence-corrected chi connectivity index (χ3v) is 4.79. The van der Waals surface area contributed by atoms with Crippen molar-refractivity contribution in [3.63, 3.8) is 0 Å². The molecule has 1 aliphatic heterocycles. The molecule has 0 aromatic heterocycles. The van der Waals surface area contributed by atoms with Crippen molar-refractivity contribution >= 4 is 27.5 Å². The molecule has 112 valence electrons. The summed E-state index contributed by atoms with van der Waals surface area (Å²) >= 11 is 9.67. The van der Waals surface area contributed by atoms with Gasteiger partial charge < -0.3 is 10.0 Å². The van der Waals surface area contributed by atoms with E-state index in [1.165, 1.54) is 0 Å². The molecular formula is C16H23BrClNO. The number of likely N-dealkylation sites (tertiary alicyclic amines) is 1. The fourth-order valence-corrected chi connectivity index (χ4v) is 3.60. The third kappa shape index (κ3) is 4.45. The molecule has 2 rings (SSSR count). The summed E-state index contributed by atoms with van der Waals surface area (Å²) in [4.78, 5) is 2.45. The van der Waals surface area contributed by atoms with Crippen molar-refractivity contribution in [3.05, 3.63) is 33.3 Å². The number of rotatable bonds is 4. The van der Waals surface area contributed by atoms with Gasteiger partial charge in [-0.3, -0.25) is 0 Å². The van der Waals surface area contributed by atoms with Crippen molar-refractivity contribution in [1.82, 2.24) is 4.90 Å². The minimum absolute atomic E-state index is 0.606. The van der Waals surface area contributed by atoms with Crippen LogP contribution in [0.15, 0.2) is 22.7 Å². The molecule has 0 atom stereocenters. The quantitative estimate of drug-likeness (QED) is 0.872. The Morgan fingerprint density at radius 2 is 2.00 bits per heavy atom. The van der Waals surface area contributed by atoms with Gasteiger partial charge in [0.05, 0.1) is 5.60 Å². The van der Waals surface area contributed by atoms with Crippen LogP contribution in [0.25, 0.3) is 0 Å². The van der Waals surface area contributed by atoms with Crippen LogP contribution < -0.4 is 0 Å². The molecule has 0 aliphatic carbocycles. The fraction of sp³-hybridized carbons (Fsp3) is 0.625. The van der Waals surface area contributed by atoms with E-state index in [0.29, 0.717) is 12.3 Å². The molecule has 1 fully saturated rings. The SMILES string of the molecule is CC(C)CN1CCC(O)(Cc2ccc(Br)cc2Cl)CC1. The molecule has 1 aliphatic rings. The lowest BCUT2D eigenvalue weighted by Crippen LogP contribution is -2.46. The van der Waals surface area contributed by atoms with E-state index >= 15 is 0 Å². The van der Waals surface area contributed by atoms with Gasteiger partial charge in [0.25, 0.3) is 0 Å². The first-order chi connectivity index (χ1) is 9.38. The van der Waals surface area contributed by atoms with E-state index < -0.39 is 5.60 Å². The fourth-order valence-electron chi connectivity index (χ4n) is 2.86. The third-order valence-electron chi connectivity index (χ3n) is 3.94. The van der Waals surface area contributed by atoms with Crippen molar-refractivity contribution < 1.29 is 5.11 Å². The number of piperidine rings is 1. The van der Waals surface area contributed by atoms with Crippen LogP contribution in [0.1, 0.15) is 32.3 Å². The molecule has 0 amide bonds. The van der Waals surface area contributed by atoms with E-state index in [0.717, 1.165) is 47.5 Å². The van der Waals surface area contributed by atoms with E-state index in [4.69, 9.17) is 11.6 Å². The summed E-state index contributed by atoms with van der Waals surface area (Å²) in [5.74, 6) is 0.683. The van der Waals surface area contributed by atoms with E-state index in [1.807, 2.05) is 18.2 Å². The molecule has 1 heterocycles. The monoisotopic (exact) mass is 359 g/mol. The zero-order valence-electron chi connectivity index (χ0n) is 12.2. The van der Waals surface area contributed by atoms with Gasteiger partial charge in [-0.15, -0.1) is 0 Å². The van der Waals surface area contributed by atoms with Crippen LogP contribution in [-0.4, -0.2) is 35.2 Å². The Hall–Kier alpha value is -0.0900. The highest BCUT2D eigenvalue weighted by molar-refractivity contribution is 9.10. The van der Waals surface area contributed by atoms with Gasteiger partial charge in [-0.05, 0) is 36.5 Å². The summed E-state index contributed by atoms with van der Waals surface area (Å²) in [5, 5.41) is 11.5. The first-order valence-corrected chi connectivity index (χ1v) is 8.44. The van der Waals surface area contributed by atoms with Crippen LogP contribution >= 0.6 is 27.5 Å². The van der Waals surface area contributed by atoms with E-state index in [1.54, 1.807) is 0 Å². The predicted octanol–water partition coefficient (Wildman–Crippen LogP) is 4.13. The summed E-state index contributed by atoms with van der Waals surface area (Å²) < 4.78 is 0.977.